The van der Waals surface area contributed by atoms with Gasteiger partial charge in [-0.2, -0.15) is 4.31 Å². The number of para-hydroxylation sites is 1. The Kier molecular flexibility index (Phi) is 8.29. The smallest absolute Gasteiger partial charge is 0.348 e. The number of hydrogen-bond acceptors (Lipinski definition) is 7. The zero-order valence-electron chi connectivity index (χ0n) is 23.3. The normalized spacial score (nSPS) is 19.1. The maximum absolute atomic E-state index is 14.7. The Bertz CT molecular complexity index is 1750. The predicted molar refractivity (Wildman–Crippen MR) is 164 cm³/mol. The quantitative estimate of drug-likeness (QED) is 0.221. The van der Waals surface area contributed by atoms with E-state index in [9.17, 15) is 27.1 Å². The van der Waals surface area contributed by atoms with Gasteiger partial charge in [0.25, 0.3) is 0 Å². The number of thiophene rings is 2. The van der Waals surface area contributed by atoms with Crippen molar-refractivity contribution in [3.63, 3.8) is 0 Å². The van der Waals surface area contributed by atoms with E-state index < -0.39 is 32.5 Å². The molecular weight excluding hydrogens is 615 g/mol. The summed E-state index contributed by atoms with van der Waals surface area (Å²) in [6.07, 6.45) is 5.09. The number of aromatic carboxylic acids is 1. The van der Waals surface area contributed by atoms with Crippen molar-refractivity contribution < 1.29 is 31.8 Å². The highest BCUT2D eigenvalue weighted by Crippen LogP contribution is 2.47. The van der Waals surface area contributed by atoms with Gasteiger partial charge in [-0.3, -0.25) is 0 Å². The summed E-state index contributed by atoms with van der Waals surface area (Å²) < 4.78 is 65.3. The van der Waals surface area contributed by atoms with E-state index in [1.54, 1.807) is 18.5 Å². The third kappa shape index (κ3) is 5.68. The molecule has 1 fully saturated rings. The average Bonchev–Trinajstić information content (AvgIpc) is 3.59. The summed E-state index contributed by atoms with van der Waals surface area (Å²) in [6.45, 7) is 0.260. The fourth-order valence-corrected chi connectivity index (χ4v) is 9.23. The van der Waals surface area contributed by atoms with Crippen LogP contribution in [0.3, 0.4) is 0 Å². The van der Waals surface area contributed by atoms with Crippen molar-refractivity contribution in [1.82, 2.24) is 4.31 Å². The van der Waals surface area contributed by atoms with E-state index in [1.165, 1.54) is 27.1 Å². The molecule has 7 nitrogen and oxygen atoms in total. The van der Waals surface area contributed by atoms with Gasteiger partial charge in [0.15, 0.2) is 0 Å². The third-order valence-corrected chi connectivity index (χ3v) is 12.1. The van der Waals surface area contributed by atoms with Crippen molar-refractivity contribution in [1.29, 1.82) is 0 Å². The van der Waals surface area contributed by atoms with Crippen LogP contribution in [0.1, 0.15) is 47.3 Å². The summed E-state index contributed by atoms with van der Waals surface area (Å²) >= 11 is 1.88. The lowest BCUT2D eigenvalue weighted by atomic mass is 9.83. The number of halogens is 2. The molecule has 43 heavy (non-hydrogen) atoms. The Morgan fingerprint density at radius 2 is 1.79 bits per heavy atom. The highest BCUT2D eigenvalue weighted by molar-refractivity contribution is 7.89. The number of carboxylic acids is 1. The molecule has 0 radical (unpaired) electrons. The lowest BCUT2D eigenvalue weighted by molar-refractivity contribution is 0.0697. The molecule has 2 aromatic heterocycles. The van der Waals surface area contributed by atoms with Crippen LogP contribution < -0.4 is 9.64 Å². The van der Waals surface area contributed by atoms with Crippen LogP contribution in [0.4, 0.5) is 20.2 Å². The fourth-order valence-electron chi connectivity index (χ4n) is 6.04. The number of nitrogens with zero attached hydrogens (tertiary/aromatic N) is 2. The zero-order valence-corrected chi connectivity index (χ0v) is 25.8. The molecule has 1 atom stereocenters. The lowest BCUT2D eigenvalue weighted by Gasteiger charge is -2.36. The van der Waals surface area contributed by atoms with Crippen LogP contribution in [-0.4, -0.2) is 43.4 Å². The molecule has 1 aliphatic heterocycles. The van der Waals surface area contributed by atoms with Gasteiger partial charge in [-0.25, -0.2) is 22.0 Å². The van der Waals surface area contributed by atoms with Gasteiger partial charge in [0.1, 0.15) is 33.8 Å². The molecular formula is C31H30F2N2O5S3. The highest BCUT2D eigenvalue weighted by Gasteiger charge is 2.41. The molecule has 0 spiro atoms. The van der Waals surface area contributed by atoms with Crippen molar-refractivity contribution in [3.8, 4) is 16.2 Å². The maximum atomic E-state index is 14.7. The second-order valence-corrected chi connectivity index (χ2v) is 14.6. The zero-order chi connectivity index (χ0) is 30.3. The number of hydrogen-bond donors (Lipinski definition) is 1. The first-order chi connectivity index (χ1) is 20.6. The minimum Gasteiger partial charge on any atom is -0.488 e. The number of ether oxygens (including phenoxy) is 1. The molecule has 0 saturated heterocycles. The summed E-state index contributed by atoms with van der Waals surface area (Å²) in [6, 6.07) is 13.3. The number of sulfonamides is 1. The van der Waals surface area contributed by atoms with Crippen LogP contribution in [0, 0.1) is 17.6 Å². The molecule has 12 heteroatoms. The summed E-state index contributed by atoms with van der Waals surface area (Å²) in [7, 11) is -2.44. The van der Waals surface area contributed by atoms with Crippen LogP contribution in [0.15, 0.2) is 64.2 Å². The molecule has 3 heterocycles. The van der Waals surface area contributed by atoms with E-state index in [-0.39, 0.29) is 39.7 Å². The number of benzene rings is 2. The molecule has 1 saturated carbocycles. The largest absolute Gasteiger partial charge is 0.488 e. The van der Waals surface area contributed by atoms with E-state index in [4.69, 9.17) is 4.74 Å². The molecule has 2 aliphatic rings. The number of rotatable bonds is 7. The monoisotopic (exact) mass is 644 g/mol. The average molecular weight is 645 g/mol. The molecule has 226 valence electrons. The van der Waals surface area contributed by atoms with Gasteiger partial charge in [-0.15, -0.1) is 22.7 Å². The Hall–Kier alpha value is -3.32. The van der Waals surface area contributed by atoms with Crippen molar-refractivity contribution >= 4 is 50.0 Å². The van der Waals surface area contributed by atoms with Crippen LogP contribution >= 0.6 is 22.7 Å². The van der Waals surface area contributed by atoms with Gasteiger partial charge in [-0.05, 0) is 43.0 Å². The molecule has 1 aliphatic carbocycles. The molecule has 4 aromatic rings. The highest BCUT2D eigenvalue weighted by atomic mass is 32.2. The van der Waals surface area contributed by atoms with Gasteiger partial charge < -0.3 is 14.7 Å². The van der Waals surface area contributed by atoms with Crippen molar-refractivity contribution in [2.75, 3.05) is 18.5 Å². The predicted octanol–water partition coefficient (Wildman–Crippen LogP) is 7.75. The molecule has 0 amide bonds. The first-order valence-electron chi connectivity index (χ1n) is 14.0. The van der Waals surface area contributed by atoms with Crippen LogP contribution in [-0.2, 0) is 16.6 Å². The number of carboxylic acid groups (broad SMARTS) is 1. The van der Waals surface area contributed by atoms with Crippen molar-refractivity contribution in [2.24, 2.45) is 5.92 Å². The topological polar surface area (TPSA) is 87.2 Å². The number of carbonyl (C=O) groups is 1. The van der Waals surface area contributed by atoms with Gasteiger partial charge in [0.05, 0.1) is 5.69 Å². The minimum atomic E-state index is -4.06. The second kappa shape index (κ2) is 12.0. The summed E-state index contributed by atoms with van der Waals surface area (Å²) in [5.41, 5.74) is 1.72. The maximum Gasteiger partial charge on any atom is 0.348 e. The van der Waals surface area contributed by atoms with E-state index >= 15 is 0 Å². The summed E-state index contributed by atoms with van der Waals surface area (Å²) in [4.78, 5) is 13.4. The SMILES string of the molecule is CN1[C@H](C2CCCCC2)CN(c2ccccc2)c2cc(OCc3cscc3F)c(-c3cc(F)c(C(=O)O)s3)cc2S1(=O)=O. The summed E-state index contributed by atoms with van der Waals surface area (Å²) in [5.74, 6) is -2.42. The Morgan fingerprint density at radius 1 is 1.05 bits per heavy atom. The lowest BCUT2D eigenvalue weighted by Crippen LogP contribution is -2.46. The van der Waals surface area contributed by atoms with E-state index in [2.05, 4.69) is 0 Å². The second-order valence-electron chi connectivity index (χ2n) is 10.9. The third-order valence-electron chi connectivity index (χ3n) is 8.33. The van der Waals surface area contributed by atoms with Gasteiger partial charge >= 0.3 is 5.97 Å². The van der Waals surface area contributed by atoms with Crippen LogP contribution in [0.5, 0.6) is 5.75 Å². The van der Waals surface area contributed by atoms with Crippen molar-refractivity contribution in [2.45, 2.75) is 49.6 Å². The molecule has 0 unspecified atom stereocenters. The first-order valence-corrected chi connectivity index (χ1v) is 17.2. The molecule has 2 aromatic carbocycles. The Labute approximate surface area is 257 Å². The van der Waals surface area contributed by atoms with E-state index in [1.807, 2.05) is 35.2 Å². The molecule has 0 bridgehead atoms. The number of fused-ring (bicyclic) bond motifs is 1. The molecule has 1 N–H and O–H groups in total. The van der Waals surface area contributed by atoms with Gasteiger partial charge in [-0.1, -0.05) is 37.5 Å². The van der Waals surface area contributed by atoms with E-state index in [0.29, 0.717) is 29.1 Å². The van der Waals surface area contributed by atoms with Crippen LogP contribution in [0.25, 0.3) is 10.4 Å². The Balaban J connectivity index is 1.56. The summed E-state index contributed by atoms with van der Waals surface area (Å²) in [5, 5.41) is 12.5. The first kappa shape index (κ1) is 29.7. The standard InChI is InChI=1S/C31H30F2N2O5S3/c1-34-26(19-8-4-2-5-9-19)15-35(21-10-6-3-7-11-21)25-14-27(40-16-20-17-41-18-24(20)33)22(12-29(25)43(34,38)39)28-13-23(32)30(42-28)31(36)37/h3,6-7,10-14,17-19,26H,2,4-5,8-9,15-16H2,1H3,(H,36,37)/t26-/m0/s1. The number of likely N-dealkylation sites (N-methyl/N-ethyl adjacent to an activating group) is 1. The Morgan fingerprint density at radius 3 is 2.44 bits per heavy atom. The van der Waals surface area contributed by atoms with E-state index in [0.717, 1.165) is 43.9 Å². The molecule has 6 rings (SSSR count). The van der Waals surface area contributed by atoms with Gasteiger partial charge in [0.2, 0.25) is 10.0 Å². The van der Waals surface area contributed by atoms with Crippen molar-refractivity contribution in [3.05, 3.63) is 81.4 Å². The minimum absolute atomic E-state index is 0.00640. The fraction of sp³-hybridized carbons (Fsp3) is 0.323. The van der Waals surface area contributed by atoms with Crippen LogP contribution in [0.2, 0.25) is 0 Å². The van der Waals surface area contributed by atoms with Gasteiger partial charge in [0, 0.05) is 58.2 Å². The number of anilines is 2.